The summed E-state index contributed by atoms with van der Waals surface area (Å²) in [5, 5.41) is 0. The molecule has 0 aromatic heterocycles. The van der Waals surface area contributed by atoms with Crippen LogP contribution in [-0.4, -0.2) is 0 Å². The van der Waals surface area contributed by atoms with Crippen LogP contribution in [0.5, 0.6) is 0 Å². The molecule has 0 heteroatoms. The van der Waals surface area contributed by atoms with Gasteiger partial charge in [0.25, 0.3) is 0 Å². The van der Waals surface area contributed by atoms with Gasteiger partial charge < -0.3 is 0 Å². The van der Waals surface area contributed by atoms with Crippen molar-refractivity contribution in [2.75, 3.05) is 0 Å². The average Bonchev–Trinajstić information content (AvgIpc) is 2.82. The zero-order valence-electron chi connectivity index (χ0n) is 14.5. The standard InChI is InChI=1S/C22H16.C2H6/c1-16-10-12-18(13-11-16)20-15-14-17-6-2-3-7-19(17)21-8-4-5-9-22(20)21;1-2/h2-14H,1H3;1-2H3. The molecule has 0 spiro atoms. The Bertz CT molecular complexity index is 905. The summed E-state index contributed by atoms with van der Waals surface area (Å²) in [6.45, 7) is 6.12. The maximum absolute atomic E-state index is 3.52. The summed E-state index contributed by atoms with van der Waals surface area (Å²) in [7, 11) is 0. The minimum absolute atomic E-state index is 1.16. The van der Waals surface area contributed by atoms with Crippen molar-refractivity contribution in [2.45, 2.75) is 20.8 Å². The zero-order chi connectivity index (χ0) is 16.9. The van der Waals surface area contributed by atoms with Crippen LogP contribution in [0.2, 0.25) is 0 Å². The monoisotopic (exact) mass is 310 g/mol. The third kappa shape index (κ3) is 2.97. The molecular weight excluding hydrogens is 288 g/mol. The van der Waals surface area contributed by atoms with Gasteiger partial charge in [0.1, 0.15) is 0 Å². The van der Waals surface area contributed by atoms with Crippen LogP contribution in [-0.2, 0) is 0 Å². The van der Waals surface area contributed by atoms with Gasteiger partial charge in [0.05, 0.1) is 0 Å². The third-order valence-electron chi connectivity index (χ3n) is 4.16. The summed E-state index contributed by atoms with van der Waals surface area (Å²) in [5.74, 6) is 0. The number of hydrogen-bond donors (Lipinski definition) is 0. The topological polar surface area (TPSA) is 0 Å². The highest BCUT2D eigenvalue weighted by Gasteiger charge is 2.14. The first-order chi connectivity index (χ1) is 11.8. The fourth-order valence-electron chi connectivity index (χ4n) is 2.99. The lowest BCUT2D eigenvalue weighted by Crippen LogP contribution is -1.91. The van der Waals surface area contributed by atoms with Crippen molar-refractivity contribution < 1.29 is 0 Å². The minimum atomic E-state index is 1.16. The van der Waals surface area contributed by atoms with E-state index < -0.39 is 0 Å². The summed E-state index contributed by atoms with van der Waals surface area (Å²) >= 11 is 0. The van der Waals surface area contributed by atoms with E-state index in [9.17, 15) is 0 Å². The first kappa shape index (κ1) is 16.1. The second-order valence-corrected chi connectivity index (χ2v) is 5.66. The van der Waals surface area contributed by atoms with Gasteiger partial charge in [0, 0.05) is 5.57 Å². The van der Waals surface area contributed by atoms with Crippen LogP contribution in [0.1, 0.15) is 36.1 Å². The van der Waals surface area contributed by atoms with E-state index in [2.05, 4.69) is 91.5 Å². The van der Waals surface area contributed by atoms with Gasteiger partial charge in [-0.15, -0.1) is 5.73 Å². The Morgan fingerprint density at radius 1 is 0.625 bits per heavy atom. The second kappa shape index (κ2) is 7.17. The molecule has 0 amide bonds. The summed E-state index contributed by atoms with van der Waals surface area (Å²) < 4.78 is 0. The number of fused-ring (bicyclic) bond motifs is 3. The zero-order valence-corrected chi connectivity index (χ0v) is 14.5. The molecule has 0 aliphatic heterocycles. The molecule has 0 radical (unpaired) electrons. The van der Waals surface area contributed by atoms with Gasteiger partial charge in [0.15, 0.2) is 0 Å². The SMILES string of the molecule is CC.Cc1ccc(C2=C=Cc3ccccc3-c3ccccc32)cc1. The van der Waals surface area contributed by atoms with Crippen molar-refractivity contribution in [3.8, 4) is 11.1 Å². The molecule has 0 saturated heterocycles. The van der Waals surface area contributed by atoms with E-state index in [1.807, 2.05) is 13.8 Å². The predicted octanol–water partition coefficient (Wildman–Crippen LogP) is 6.75. The van der Waals surface area contributed by atoms with Gasteiger partial charge in [-0.25, -0.2) is 0 Å². The van der Waals surface area contributed by atoms with E-state index in [1.54, 1.807) is 0 Å². The highest BCUT2D eigenvalue weighted by molar-refractivity contribution is 5.94. The van der Waals surface area contributed by atoms with Gasteiger partial charge in [-0.05, 0) is 40.8 Å². The summed E-state index contributed by atoms with van der Waals surface area (Å²) in [6.07, 6.45) is 2.10. The molecule has 3 aromatic carbocycles. The molecule has 0 saturated carbocycles. The van der Waals surface area contributed by atoms with Crippen molar-refractivity contribution in [3.63, 3.8) is 0 Å². The Morgan fingerprint density at radius 3 is 1.92 bits per heavy atom. The van der Waals surface area contributed by atoms with Gasteiger partial charge >= 0.3 is 0 Å². The molecule has 0 nitrogen and oxygen atoms in total. The van der Waals surface area contributed by atoms with Crippen LogP contribution in [0.3, 0.4) is 0 Å². The Balaban J connectivity index is 0.000000815. The van der Waals surface area contributed by atoms with Crippen LogP contribution in [0, 0.1) is 6.92 Å². The van der Waals surface area contributed by atoms with Crippen molar-refractivity contribution in [3.05, 3.63) is 101 Å². The van der Waals surface area contributed by atoms with Crippen molar-refractivity contribution in [1.82, 2.24) is 0 Å². The maximum Gasteiger partial charge on any atom is 0.0315 e. The minimum Gasteiger partial charge on any atom is -0.111 e. The smallest absolute Gasteiger partial charge is 0.0315 e. The van der Waals surface area contributed by atoms with Crippen LogP contribution in [0.15, 0.2) is 78.5 Å². The van der Waals surface area contributed by atoms with Crippen LogP contribution >= 0.6 is 0 Å². The van der Waals surface area contributed by atoms with Crippen molar-refractivity contribution in [2.24, 2.45) is 0 Å². The quantitative estimate of drug-likeness (QED) is 0.341. The molecule has 1 aliphatic rings. The molecule has 0 heterocycles. The van der Waals surface area contributed by atoms with Crippen LogP contribution in [0.25, 0.3) is 22.8 Å². The molecule has 24 heavy (non-hydrogen) atoms. The highest BCUT2D eigenvalue weighted by Crippen LogP contribution is 2.36. The number of rotatable bonds is 1. The van der Waals surface area contributed by atoms with E-state index in [0.717, 1.165) is 5.57 Å². The van der Waals surface area contributed by atoms with E-state index in [4.69, 9.17) is 0 Å². The van der Waals surface area contributed by atoms with E-state index in [0.29, 0.717) is 0 Å². The van der Waals surface area contributed by atoms with Gasteiger partial charge in [-0.3, -0.25) is 0 Å². The number of benzene rings is 3. The Kier molecular flexibility index (Phi) is 4.79. The largest absolute Gasteiger partial charge is 0.111 e. The first-order valence-corrected chi connectivity index (χ1v) is 8.55. The molecule has 118 valence electrons. The van der Waals surface area contributed by atoms with Crippen molar-refractivity contribution in [1.29, 1.82) is 0 Å². The Morgan fingerprint density at radius 2 is 1.21 bits per heavy atom. The predicted molar refractivity (Wildman–Crippen MR) is 105 cm³/mol. The number of aryl methyl sites for hydroxylation is 1. The molecule has 1 aliphatic carbocycles. The van der Waals surface area contributed by atoms with Gasteiger partial charge in [-0.1, -0.05) is 92.2 Å². The average molecular weight is 310 g/mol. The van der Waals surface area contributed by atoms with Crippen LogP contribution in [0.4, 0.5) is 0 Å². The molecule has 0 atom stereocenters. The maximum atomic E-state index is 3.52. The molecule has 0 N–H and O–H groups in total. The summed E-state index contributed by atoms with van der Waals surface area (Å²) in [4.78, 5) is 0. The second-order valence-electron chi connectivity index (χ2n) is 5.66. The number of hydrogen-bond acceptors (Lipinski definition) is 0. The first-order valence-electron chi connectivity index (χ1n) is 8.55. The highest BCUT2D eigenvalue weighted by atomic mass is 14.2. The fraction of sp³-hybridized carbons (Fsp3) is 0.125. The Labute approximate surface area is 144 Å². The van der Waals surface area contributed by atoms with E-state index in [-0.39, 0.29) is 0 Å². The molecule has 0 fully saturated rings. The summed E-state index contributed by atoms with van der Waals surface area (Å²) in [6, 6.07) is 25.8. The van der Waals surface area contributed by atoms with Gasteiger partial charge in [0.2, 0.25) is 0 Å². The van der Waals surface area contributed by atoms with E-state index >= 15 is 0 Å². The van der Waals surface area contributed by atoms with Crippen LogP contribution < -0.4 is 0 Å². The molecule has 3 aromatic rings. The molecule has 0 unspecified atom stereocenters. The lowest BCUT2D eigenvalue weighted by atomic mass is 9.91. The molecular formula is C24H22. The Hall–Kier alpha value is -2.82. The molecule has 0 bridgehead atoms. The fourth-order valence-corrected chi connectivity index (χ4v) is 2.99. The molecule has 4 rings (SSSR count). The third-order valence-corrected chi connectivity index (χ3v) is 4.16. The lowest BCUT2D eigenvalue weighted by molar-refractivity contribution is 1.45. The summed E-state index contributed by atoms with van der Waals surface area (Å²) in [5.41, 5.74) is 12.2. The van der Waals surface area contributed by atoms with Gasteiger partial charge in [-0.2, -0.15) is 0 Å². The lowest BCUT2D eigenvalue weighted by Gasteiger charge is -2.12. The van der Waals surface area contributed by atoms with Crippen molar-refractivity contribution >= 4 is 11.6 Å². The normalized spacial score (nSPS) is 11.4. The van der Waals surface area contributed by atoms with E-state index in [1.165, 1.54) is 33.4 Å².